The molecule has 0 saturated heterocycles. The van der Waals surface area contributed by atoms with Crippen LogP contribution < -0.4 is 5.32 Å². The van der Waals surface area contributed by atoms with E-state index >= 15 is 0 Å². The van der Waals surface area contributed by atoms with Crippen LogP contribution in [0.5, 0.6) is 0 Å². The minimum atomic E-state index is 0.516. The molecular weight excluding hydrogens is 234 g/mol. The van der Waals surface area contributed by atoms with Gasteiger partial charge in [-0.25, -0.2) is 0 Å². The molecule has 0 heterocycles. The van der Waals surface area contributed by atoms with Crippen LogP contribution >= 0.6 is 0 Å². The molecule has 0 aliphatic heterocycles. The van der Waals surface area contributed by atoms with E-state index in [4.69, 9.17) is 4.74 Å². The Morgan fingerprint density at radius 2 is 1.63 bits per heavy atom. The largest absolute Gasteiger partial charge is 0.374 e. The number of nitrogens with one attached hydrogen (secondary N) is 1. The zero-order valence-electron chi connectivity index (χ0n) is 11.7. The quantitative estimate of drug-likeness (QED) is 0.810. The number of hydrogen-bond donors (Lipinski definition) is 1. The Bertz CT molecular complexity index is 377. The molecule has 2 saturated carbocycles. The van der Waals surface area contributed by atoms with Gasteiger partial charge in [0.25, 0.3) is 0 Å². The second kappa shape index (κ2) is 6.53. The van der Waals surface area contributed by atoms with Gasteiger partial charge in [0.15, 0.2) is 0 Å². The first kappa shape index (κ1) is 13.1. The fraction of sp³-hybridized carbons (Fsp3) is 0.647. The van der Waals surface area contributed by atoms with E-state index in [1.165, 1.54) is 49.7 Å². The first-order valence-corrected chi connectivity index (χ1v) is 7.83. The van der Waals surface area contributed by atoms with Gasteiger partial charge < -0.3 is 10.1 Å². The van der Waals surface area contributed by atoms with Crippen molar-refractivity contribution in [2.75, 3.05) is 6.54 Å². The highest BCUT2D eigenvalue weighted by atomic mass is 16.5. The van der Waals surface area contributed by atoms with Gasteiger partial charge in [-0.1, -0.05) is 37.1 Å². The van der Waals surface area contributed by atoms with E-state index in [2.05, 4.69) is 29.6 Å². The number of benzene rings is 1. The Balaban J connectivity index is 1.39. The van der Waals surface area contributed by atoms with Crippen molar-refractivity contribution in [1.82, 2.24) is 5.32 Å². The molecule has 1 aromatic carbocycles. The summed E-state index contributed by atoms with van der Waals surface area (Å²) in [5.41, 5.74) is 2.74. The van der Waals surface area contributed by atoms with Crippen molar-refractivity contribution in [3.05, 3.63) is 35.4 Å². The van der Waals surface area contributed by atoms with Gasteiger partial charge in [0.1, 0.15) is 0 Å². The molecule has 1 aromatic rings. The highest BCUT2D eigenvalue weighted by molar-refractivity contribution is 5.22. The molecular formula is C17H25NO. The third-order valence-corrected chi connectivity index (χ3v) is 4.23. The molecule has 104 valence electrons. The van der Waals surface area contributed by atoms with E-state index < -0.39 is 0 Å². The molecule has 19 heavy (non-hydrogen) atoms. The van der Waals surface area contributed by atoms with Crippen LogP contribution in [-0.2, 0) is 17.8 Å². The Morgan fingerprint density at radius 1 is 0.947 bits per heavy atom. The molecule has 0 aromatic heterocycles. The summed E-state index contributed by atoms with van der Waals surface area (Å²) < 4.78 is 5.94. The summed E-state index contributed by atoms with van der Waals surface area (Å²) in [5, 5.41) is 3.56. The van der Waals surface area contributed by atoms with Crippen molar-refractivity contribution in [3.8, 4) is 0 Å². The van der Waals surface area contributed by atoms with Crippen LogP contribution in [-0.4, -0.2) is 18.7 Å². The summed E-state index contributed by atoms with van der Waals surface area (Å²) in [7, 11) is 0. The first-order valence-electron chi connectivity index (χ1n) is 7.83. The number of hydrogen-bond acceptors (Lipinski definition) is 2. The summed E-state index contributed by atoms with van der Waals surface area (Å²) in [5.74, 6) is 0. The van der Waals surface area contributed by atoms with Crippen LogP contribution in [0.1, 0.15) is 49.7 Å². The highest BCUT2D eigenvalue weighted by Gasteiger charge is 2.19. The predicted molar refractivity (Wildman–Crippen MR) is 78.2 cm³/mol. The summed E-state index contributed by atoms with van der Waals surface area (Å²) in [6, 6.07) is 9.77. The lowest BCUT2D eigenvalue weighted by atomic mass is 10.1. The van der Waals surface area contributed by atoms with Crippen molar-refractivity contribution >= 4 is 0 Å². The molecule has 3 rings (SSSR count). The van der Waals surface area contributed by atoms with Crippen LogP contribution in [0.3, 0.4) is 0 Å². The molecule has 2 aliphatic rings. The van der Waals surface area contributed by atoms with Gasteiger partial charge in [-0.2, -0.15) is 0 Å². The van der Waals surface area contributed by atoms with Gasteiger partial charge in [-0.05, 0) is 49.8 Å². The maximum atomic E-state index is 5.94. The molecule has 2 fully saturated rings. The van der Waals surface area contributed by atoms with Gasteiger partial charge in [0.05, 0.1) is 12.7 Å². The Labute approximate surface area is 116 Å². The van der Waals surface area contributed by atoms with Gasteiger partial charge in [0, 0.05) is 6.04 Å². The Hall–Kier alpha value is -0.860. The number of ether oxygens (including phenoxy) is 1. The molecule has 1 N–H and O–H groups in total. The summed E-state index contributed by atoms with van der Waals surface area (Å²) in [6.45, 7) is 1.90. The normalized spacial score (nSPS) is 20.0. The standard InChI is InChI=1S/C17H25NO/c1-2-4-17(3-1)19-13-15-7-5-14(6-8-15)11-12-18-16-9-10-16/h5-8,16-18H,1-4,9-13H2. The average molecular weight is 259 g/mol. The van der Waals surface area contributed by atoms with Crippen molar-refractivity contribution < 1.29 is 4.74 Å². The zero-order valence-corrected chi connectivity index (χ0v) is 11.7. The first-order chi connectivity index (χ1) is 9.40. The highest BCUT2D eigenvalue weighted by Crippen LogP contribution is 2.22. The molecule has 2 aliphatic carbocycles. The smallest absolute Gasteiger partial charge is 0.0720 e. The van der Waals surface area contributed by atoms with Crippen LogP contribution in [0.25, 0.3) is 0 Å². The molecule has 0 bridgehead atoms. The minimum Gasteiger partial charge on any atom is -0.374 e. The lowest BCUT2D eigenvalue weighted by Crippen LogP contribution is -2.19. The average Bonchev–Trinajstić information content (AvgIpc) is 3.12. The fourth-order valence-corrected chi connectivity index (χ4v) is 2.78. The van der Waals surface area contributed by atoms with E-state index in [9.17, 15) is 0 Å². The SMILES string of the molecule is c1cc(COC2CCCC2)ccc1CCNC1CC1. The van der Waals surface area contributed by atoms with Crippen LogP contribution in [0, 0.1) is 0 Å². The summed E-state index contributed by atoms with van der Waals surface area (Å²) in [6.07, 6.45) is 9.60. The van der Waals surface area contributed by atoms with Crippen LogP contribution in [0.15, 0.2) is 24.3 Å². The molecule has 0 atom stereocenters. The van der Waals surface area contributed by atoms with Crippen molar-refractivity contribution in [1.29, 1.82) is 0 Å². The summed E-state index contributed by atoms with van der Waals surface area (Å²) in [4.78, 5) is 0. The summed E-state index contributed by atoms with van der Waals surface area (Å²) >= 11 is 0. The Morgan fingerprint density at radius 3 is 2.32 bits per heavy atom. The monoisotopic (exact) mass is 259 g/mol. The maximum absolute atomic E-state index is 5.94. The van der Waals surface area contributed by atoms with Gasteiger partial charge in [-0.3, -0.25) is 0 Å². The van der Waals surface area contributed by atoms with Crippen molar-refractivity contribution in [3.63, 3.8) is 0 Å². The van der Waals surface area contributed by atoms with E-state index in [0.29, 0.717) is 6.10 Å². The molecule has 0 radical (unpaired) electrons. The molecule has 2 heteroatoms. The number of rotatable bonds is 7. The van der Waals surface area contributed by atoms with E-state index in [-0.39, 0.29) is 0 Å². The molecule has 0 unspecified atom stereocenters. The third kappa shape index (κ3) is 4.32. The minimum absolute atomic E-state index is 0.516. The lowest BCUT2D eigenvalue weighted by Gasteiger charge is -2.11. The van der Waals surface area contributed by atoms with E-state index in [1.54, 1.807) is 0 Å². The van der Waals surface area contributed by atoms with E-state index in [1.807, 2.05) is 0 Å². The lowest BCUT2D eigenvalue weighted by molar-refractivity contribution is 0.0457. The van der Waals surface area contributed by atoms with Gasteiger partial charge in [-0.15, -0.1) is 0 Å². The fourth-order valence-electron chi connectivity index (χ4n) is 2.78. The molecule has 0 amide bonds. The van der Waals surface area contributed by atoms with Gasteiger partial charge in [0.2, 0.25) is 0 Å². The van der Waals surface area contributed by atoms with Gasteiger partial charge >= 0.3 is 0 Å². The topological polar surface area (TPSA) is 21.3 Å². The zero-order chi connectivity index (χ0) is 12.9. The third-order valence-electron chi connectivity index (χ3n) is 4.23. The predicted octanol–water partition coefficient (Wildman–Crippen LogP) is 3.44. The maximum Gasteiger partial charge on any atom is 0.0720 e. The van der Waals surface area contributed by atoms with E-state index in [0.717, 1.165) is 25.6 Å². The second-order valence-corrected chi connectivity index (χ2v) is 6.01. The molecule has 2 nitrogen and oxygen atoms in total. The van der Waals surface area contributed by atoms with Crippen molar-refractivity contribution in [2.45, 2.75) is 63.7 Å². The van der Waals surface area contributed by atoms with Crippen molar-refractivity contribution in [2.24, 2.45) is 0 Å². The molecule has 0 spiro atoms. The second-order valence-electron chi connectivity index (χ2n) is 6.01. The van der Waals surface area contributed by atoms with Crippen LogP contribution in [0.4, 0.5) is 0 Å². The Kier molecular flexibility index (Phi) is 4.52. The van der Waals surface area contributed by atoms with Crippen LogP contribution in [0.2, 0.25) is 0 Å².